The summed E-state index contributed by atoms with van der Waals surface area (Å²) in [5.41, 5.74) is 2.00. The maximum atomic E-state index is 13.1. The molecule has 0 atom stereocenters. The molecule has 0 spiro atoms. The van der Waals surface area contributed by atoms with Crippen LogP contribution in [0.2, 0.25) is 5.02 Å². The van der Waals surface area contributed by atoms with Gasteiger partial charge in [-0.25, -0.2) is 9.18 Å². The highest BCUT2D eigenvalue weighted by atomic mass is 35.5. The molecular weight excluding hydrogens is 281 g/mol. The van der Waals surface area contributed by atoms with Gasteiger partial charge in [-0.05, 0) is 43.2 Å². The highest BCUT2D eigenvalue weighted by Crippen LogP contribution is 2.41. The van der Waals surface area contributed by atoms with Crippen molar-refractivity contribution in [3.63, 3.8) is 0 Å². The third kappa shape index (κ3) is 2.39. The molecule has 102 valence electrons. The third-order valence-electron chi connectivity index (χ3n) is 3.33. The summed E-state index contributed by atoms with van der Waals surface area (Å²) < 4.78 is 13.1. The molecular formula is C15H11ClFNO2. The first-order valence-corrected chi connectivity index (χ1v) is 6.63. The first kappa shape index (κ1) is 13.1. The zero-order valence-corrected chi connectivity index (χ0v) is 11.2. The fraction of sp³-hybridized carbons (Fsp3) is 0.200. The number of carboxylic acids is 1. The minimum atomic E-state index is -0.976. The van der Waals surface area contributed by atoms with Gasteiger partial charge in [0, 0.05) is 11.5 Å². The average Bonchev–Trinajstić information content (AvgIpc) is 3.22. The molecule has 3 nitrogen and oxygen atoms in total. The second-order valence-corrected chi connectivity index (χ2v) is 5.24. The minimum Gasteiger partial charge on any atom is -0.478 e. The number of nitrogens with zero attached hydrogens (tertiary/aromatic N) is 1. The largest absolute Gasteiger partial charge is 0.478 e. The fourth-order valence-electron chi connectivity index (χ4n) is 2.17. The van der Waals surface area contributed by atoms with Gasteiger partial charge >= 0.3 is 5.97 Å². The minimum absolute atomic E-state index is 0.209. The highest BCUT2D eigenvalue weighted by Gasteiger charge is 2.30. The van der Waals surface area contributed by atoms with Crippen molar-refractivity contribution in [2.24, 2.45) is 0 Å². The standard InChI is InChI=1S/C15H11ClFNO2/c16-12-7-9(17)3-4-10(12)13-6-5-11(15(19)20)14(18-13)8-1-2-8/h3-8H,1-2H2,(H,19,20). The molecule has 0 bridgehead atoms. The number of pyridine rings is 1. The van der Waals surface area contributed by atoms with E-state index in [0.29, 0.717) is 17.0 Å². The van der Waals surface area contributed by atoms with Crippen molar-refractivity contribution in [2.45, 2.75) is 18.8 Å². The van der Waals surface area contributed by atoms with Crippen molar-refractivity contribution in [2.75, 3.05) is 0 Å². The van der Waals surface area contributed by atoms with E-state index in [1.807, 2.05) is 0 Å². The zero-order valence-electron chi connectivity index (χ0n) is 10.4. The lowest BCUT2D eigenvalue weighted by atomic mass is 10.1. The Hall–Kier alpha value is -1.94. The van der Waals surface area contributed by atoms with Gasteiger partial charge < -0.3 is 5.11 Å². The summed E-state index contributed by atoms with van der Waals surface area (Å²) in [6.45, 7) is 0. The van der Waals surface area contributed by atoms with Gasteiger partial charge in [-0.15, -0.1) is 0 Å². The lowest BCUT2D eigenvalue weighted by molar-refractivity contribution is 0.0695. The van der Waals surface area contributed by atoms with Gasteiger partial charge in [-0.2, -0.15) is 0 Å². The van der Waals surface area contributed by atoms with Crippen molar-refractivity contribution in [3.8, 4) is 11.3 Å². The predicted molar refractivity (Wildman–Crippen MR) is 73.6 cm³/mol. The Kier molecular flexibility index (Phi) is 3.18. The number of hydrogen-bond acceptors (Lipinski definition) is 2. The molecule has 0 radical (unpaired) electrons. The van der Waals surface area contributed by atoms with E-state index < -0.39 is 11.8 Å². The van der Waals surface area contributed by atoms with E-state index in [-0.39, 0.29) is 16.5 Å². The molecule has 1 aromatic heterocycles. The number of benzene rings is 1. The van der Waals surface area contributed by atoms with E-state index in [1.54, 1.807) is 12.1 Å². The second-order valence-electron chi connectivity index (χ2n) is 4.83. The summed E-state index contributed by atoms with van der Waals surface area (Å²) in [5, 5.41) is 9.45. The topological polar surface area (TPSA) is 50.2 Å². The average molecular weight is 292 g/mol. The van der Waals surface area contributed by atoms with Gasteiger partial charge in [0.05, 0.1) is 22.0 Å². The van der Waals surface area contributed by atoms with E-state index in [4.69, 9.17) is 11.6 Å². The van der Waals surface area contributed by atoms with Gasteiger partial charge in [0.25, 0.3) is 0 Å². The smallest absolute Gasteiger partial charge is 0.337 e. The number of carbonyl (C=O) groups is 1. The van der Waals surface area contributed by atoms with E-state index in [0.717, 1.165) is 12.8 Å². The Morgan fingerprint density at radius 2 is 2.05 bits per heavy atom. The summed E-state index contributed by atoms with van der Waals surface area (Å²) in [4.78, 5) is 15.6. The van der Waals surface area contributed by atoms with Crippen LogP contribution >= 0.6 is 11.6 Å². The molecule has 20 heavy (non-hydrogen) atoms. The molecule has 2 aromatic rings. The SMILES string of the molecule is O=C(O)c1ccc(-c2ccc(F)cc2Cl)nc1C1CC1. The van der Waals surface area contributed by atoms with Crippen LogP contribution in [0.5, 0.6) is 0 Å². The summed E-state index contributed by atoms with van der Waals surface area (Å²) in [5.74, 6) is -1.18. The van der Waals surface area contributed by atoms with Crippen molar-refractivity contribution < 1.29 is 14.3 Å². The maximum absolute atomic E-state index is 13.1. The Morgan fingerprint density at radius 3 is 2.65 bits per heavy atom. The molecule has 0 aliphatic heterocycles. The fourth-order valence-corrected chi connectivity index (χ4v) is 2.43. The Balaban J connectivity index is 2.10. The van der Waals surface area contributed by atoms with E-state index in [2.05, 4.69) is 4.98 Å². The molecule has 1 saturated carbocycles. The number of halogens is 2. The molecule has 5 heteroatoms. The van der Waals surface area contributed by atoms with Crippen LogP contribution in [0.3, 0.4) is 0 Å². The molecule has 1 aliphatic rings. The van der Waals surface area contributed by atoms with Gasteiger partial charge in [0.2, 0.25) is 0 Å². The lowest BCUT2D eigenvalue weighted by Crippen LogP contribution is -2.04. The monoisotopic (exact) mass is 291 g/mol. The molecule has 1 aromatic carbocycles. The van der Waals surface area contributed by atoms with Gasteiger partial charge in [0.15, 0.2) is 0 Å². The van der Waals surface area contributed by atoms with Crippen LogP contribution in [0.25, 0.3) is 11.3 Å². The normalized spacial score (nSPS) is 14.3. The van der Waals surface area contributed by atoms with Crippen LogP contribution in [0.1, 0.15) is 34.8 Å². The first-order chi connectivity index (χ1) is 9.56. The van der Waals surface area contributed by atoms with Crippen molar-refractivity contribution in [3.05, 3.63) is 52.4 Å². The van der Waals surface area contributed by atoms with Gasteiger partial charge in [0.1, 0.15) is 5.82 Å². The van der Waals surface area contributed by atoms with Crippen LogP contribution in [-0.2, 0) is 0 Å². The zero-order chi connectivity index (χ0) is 14.3. The summed E-state index contributed by atoms with van der Waals surface area (Å²) in [6.07, 6.45) is 1.90. The predicted octanol–water partition coefficient (Wildman–Crippen LogP) is 4.12. The van der Waals surface area contributed by atoms with Crippen molar-refractivity contribution >= 4 is 17.6 Å². The number of rotatable bonds is 3. The number of aromatic carboxylic acids is 1. The second kappa shape index (κ2) is 4.87. The molecule has 0 unspecified atom stereocenters. The van der Waals surface area contributed by atoms with E-state index >= 15 is 0 Å². The highest BCUT2D eigenvalue weighted by molar-refractivity contribution is 6.33. The maximum Gasteiger partial charge on any atom is 0.337 e. The van der Waals surface area contributed by atoms with Crippen LogP contribution in [-0.4, -0.2) is 16.1 Å². The molecule has 3 rings (SSSR count). The third-order valence-corrected chi connectivity index (χ3v) is 3.64. The molecule has 1 fully saturated rings. The lowest BCUT2D eigenvalue weighted by Gasteiger charge is -2.09. The van der Waals surface area contributed by atoms with Crippen LogP contribution in [0.4, 0.5) is 4.39 Å². The van der Waals surface area contributed by atoms with E-state index in [1.165, 1.54) is 18.2 Å². The molecule has 1 heterocycles. The Labute approximate surface area is 120 Å². The molecule has 1 N–H and O–H groups in total. The van der Waals surface area contributed by atoms with Crippen LogP contribution in [0.15, 0.2) is 30.3 Å². The number of hydrogen-bond donors (Lipinski definition) is 1. The number of carboxylic acid groups (broad SMARTS) is 1. The molecule has 0 amide bonds. The summed E-state index contributed by atoms with van der Waals surface area (Å²) >= 11 is 6.02. The quantitative estimate of drug-likeness (QED) is 0.925. The molecule has 1 aliphatic carbocycles. The van der Waals surface area contributed by atoms with Gasteiger partial charge in [-0.1, -0.05) is 11.6 Å². The van der Waals surface area contributed by atoms with Crippen molar-refractivity contribution in [1.82, 2.24) is 4.98 Å². The Morgan fingerprint density at radius 1 is 1.30 bits per heavy atom. The number of aromatic nitrogens is 1. The summed E-state index contributed by atoms with van der Waals surface area (Å²) in [7, 11) is 0. The van der Waals surface area contributed by atoms with Crippen molar-refractivity contribution in [1.29, 1.82) is 0 Å². The van der Waals surface area contributed by atoms with Crippen LogP contribution < -0.4 is 0 Å². The first-order valence-electron chi connectivity index (χ1n) is 6.26. The van der Waals surface area contributed by atoms with Gasteiger partial charge in [-0.3, -0.25) is 4.98 Å². The van der Waals surface area contributed by atoms with Crippen LogP contribution in [0, 0.1) is 5.82 Å². The van der Waals surface area contributed by atoms with E-state index in [9.17, 15) is 14.3 Å². The Bertz CT molecular complexity index is 698. The molecule has 0 saturated heterocycles. The summed E-state index contributed by atoms with van der Waals surface area (Å²) in [6, 6.07) is 7.23.